The molecule has 0 saturated carbocycles. The van der Waals surface area contributed by atoms with Crippen LogP contribution in [0.25, 0.3) is 11.3 Å². The number of hydrogen-bond donors (Lipinski definition) is 1. The number of rotatable bonds is 8. The number of benzene rings is 1. The Morgan fingerprint density at radius 3 is 2.54 bits per heavy atom. The van der Waals surface area contributed by atoms with Crippen molar-refractivity contribution in [1.82, 2.24) is 9.97 Å². The maximum atomic E-state index is 5.80. The summed E-state index contributed by atoms with van der Waals surface area (Å²) in [6, 6.07) is 6.18. The zero-order valence-electron chi connectivity index (χ0n) is 17.5. The Morgan fingerprint density at radius 1 is 1.11 bits per heavy atom. The van der Waals surface area contributed by atoms with E-state index in [1.807, 2.05) is 19.1 Å². The highest BCUT2D eigenvalue weighted by Gasteiger charge is 2.30. The van der Waals surface area contributed by atoms with Gasteiger partial charge in [0.2, 0.25) is 0 Å². The van der Waals surface area contributed by atoms with Crippen molar-refractivity contribution in [2.75, 3.05) is 32.2 Å². The Labute approximate surface area is 167 Å². The maximum absolute atomic E-state index is 5.80. The van der Waals surface area contributed by atoms with Crippen LogP contribution >= 0.6 is 0 Å². The van der Waals surface area contributed by atoms with Crippen LogP contribution in [0.5, 0.6) is 5.75 Å². The Morgan fingerprint density at radius 2 is 1.89 bits per heavy atom. The molecule has 0 aliphatic carbocycles. The first-order valence-corrected chi connectivity index (χ1v) is 10.1. The normalized spacial score (nSPS) is 19.0. The number of aryl methyl sites for hydroxylation is 3. The van der Waals surface area contributed by atoms with Gasteiger partial charge in [0.15, 0.2) is 0 Å². The third kappa shape index (κ3) is 4.28. The lowest BCUT2D eigenvalue weighted by Gasteiger charge is -2.22. The lowest BCUT2D eigenvalue weighted by Crippen LogP contribution is -2.35. The van der Waals surface area contributed by atoms with Crippen molar-refractivity contribution in [3.63, 3.8) is 0 Å². The number of nitrogens with zero attached hydrogens (tertiary/aromatic N) is 2. The van der Waals surface area contributed by atoms with E-state index >= 15 is 0 Å². The fourth-order valence-electron chi connectivity index (χ4n) is 3.58. The van der Waals surface area contributed by atoms with Crippen LogP contribution in [0.4, 0.5) is 5.82 Å². The van der Waals surface area contributed by atoms with Crippen molar-refractivity contribution in [3.8, 4) is 17.0 Å². The molecule has 1 unspecified atom stereocenters. The Balaban J connectivity index is 1.96. The number of methoxy groups -OCH3 is 1. The van der Waals surface area contributed by atoms with E-state index in [9.17, 15) is 0 Å². The summed E-state index contributed by atoms with van der Waals surface area (Å²) in [7, 11) is 1.68. The molecule has 0 spiro atoms. The van der Waals surface area contributed by atoms with Gasteiger partial charge >= 0.3 is 0 Å². The fourth-order valence-corrected chi connectivity index (χ4v) is 3.58. The van der Waals surface area contributed by atoms with Gasteiger partial charge in [-0.1, -0.05) is 13.8 Å². The first-order valence-electron chi connectivity index (χ1n) is 10.1. The van der Waals surface area contributed by atoms with Crippen LogP contribution in [0.2, 0.25) is 0 Å². The van der Waals surface area contributed by atoms with E-state index in [0.29, 0.717) is 19.8 Å². The van der Waals surface area contributed by atoms with Gasteiger partial charge in [-0.15, -0.1) is 0 Å². The Bertz CT molecular complexity index is 810. The summed E-state index contributed by atoms with van der Waals surface area (Å²) in [4.78, 5) is 9.98. The molecule has 6 heteroatoms. The molecule has 2 aromatic rings. The molecule has 1 saturated heterocycles. The first kappa shape index (κ1) is 20.6. The van der Waals surface area contributed by atoms with E-state index in [0.717, 1.165) is 52.6 Å². The summed E-state index contributed by atoms with van der Waals surface area (Å²) < 4.78 is 16.7. The Hall–Kier alpha value is -2.18. The van der Waals surface area contributed by atoms with Crippen molar-refractivity contribution in [3.05, 3.63) is 35.2 Å². The molecule has 1 fully saturated rings. The lowest BCUT2D eigenvalue weighted by atomic mass is 10.0. The summed E-state index contributed by atoms with van der Waals surface area (Å²) in [5, 5.41) is 3.54. The number of nitrogens with one attached hydrogen (secondary N) is 1. The monoisotopic (exact) mass is 385 g/mol. The number of aromatic nitrogens is 2. The predicted octanol–water partition coefficient (Wildman–Crippen LogP) is 3.80. The minimum Gasteiger partial charge on any atom is -0.497 e. The van der Waals surface area contributed by atoms with Gasteiger partial charge in [-0.3, -0.25) is 0 Å². The number of ether oxygens (including phenoxy) is 3. The largest absolute Gasteiger partial charge is 0.497 e. The van der Waals surface area contributed by atoms with Gasteiger partial charge in [0.25, 0.3) is 0 Å². The van der Waals surface area contributed by atoms with Crippen molar-refractivity contribution in [2.45, 2.75) is 52.7 Å². The van der Waals surface area contributed by atoms with E-state index in [1.165, 1.54) is 0 Å². The van der Waals surface area contributed by atoms with Gasteiger partial charge in [-0.05, 0) is 50.5 Å². The average Bonchev–Trinajstić information content (AvgIpc) is 3.14. The quantitative estimate of drug-likeness (QED) is 0.746. The topological polar surface area (TPSA) is 65.5 Å². The van der Waals surface area contributed by atoms with Crippen molar-refractivity contribution in [2.24, 2.45) is 0 Å². The van der Waals surface area contributed by atoms with Gasteiger partial charge in [0.1, 0.15) is 17.7 Å². The highest BCUT2D eigenvalue weighted by atomic mass is 16.5. The predicted molar refractivity (Wildman–Crippen MR) is 111 cm³/mol. The van der Waals surface area contributed by atoms with Crippen LogP contribution in [-0.2, 0) is 22.3 Å². The highest BCUT2D eigenvalue weighted by Crippen LogP contribution is 2.30. The molecular formula is C22H31N3O3. The molecule has 1 aromatic carbocycles. The number of hydrogen-bond acceptors (Lipinski definition) is 6. The smallest absolute Gasteiger partial charge is 0.148 e. The van der Waals surface area contributed by atoms with Crippen LogP contribution < -0.4 is 10.1 Å². The summed E-state index contributed by atoms with van der Waals surface area (Å²) in [5.74, 6) is 1.69. The summed E-state index contributed by atoms with van der Waals surface area (Å²) in [6.45, 7) is 10.2. The molecule has 0 amide bonds. The van der Waals surface area contributed by atoms with Crippen LogP contribution in [0, 0.1) is 6.92 Å². The highest BCUT2D eigenvalue weighted by molar-refractivity contribution is 5.68. The second-order valence-corrected chi connectivity index (χ2v) is 6.98. The molecule has 3 rings (SSSR count). The minimum absolute atomic E-state index is 0.0464. The molecule has 2 atom stereocenters. The van der Waals surface area contributed by atoms with Gasteiger partial charge in [0, 0.05) is 12.2 Å². The van der Waals surface area contributed by atoms with Gasteiger partial charge < -0.3 is 19.5 Å². The molecule has 28 heavy (non-hydrogen) atoms. The molecule has 2 heterocycles. The SMILES string of the molecule is CCOC1COC[C@@H]1Nc1nc(CC)c(-c2ccc(OC)cc2C)nc1CC. The average molecular weight is 386 g/mol. The van der Waals surface area contributed by atoms with Crippen LogP contribution in [-0.4, -0.2) is 49.0 Å². The first-order chi connectivity index (χ1) is 13.6. The maximum Gasteiger partial charge on any atom is 0.148 e. The van der Waals surface area contributed by atoms with E-state index < -0.39 is 0 Å². The van der Waals surface area contributed by atoms with Crippen molar-refractivity contribution in [1.29, 1.82) is 0 Å². The van der Waals surface area contributed by atoms with Crippen molar-refractivity contribution >= 4 is 5.82 Å². The second-order valence-electron chi connectivity index (χ2n) is 6.98. The molecule has 1 N–H and O–H groups in total. The molecule has 0 radical (unpaired) electrons. The minimum atomic E-state index is 0.0464. The molecule has 1 aliphatic heterocycles. The van der Waals surface area contributed by atoms with E-state index in [4.69, 9.17) is 24.2 Å². The molecule has 1 aromatic heterocycles. The van der Waals surface area contributed by atoms with Crippen LogP contribution in [0.15, 0.2) is 18.2 Å². The van der Waals surface area contributed by atoms with Gasteiger partial charge in [-0.2, -0.15) is 0 Å². The summed E-state index contributed by atoms with van der Waals surface area (Å²) in [6.07, 6.45) is 1.65. The summed E-state index contributed by atoms with van der Waals surface area (Å²) >= 11 is 0. The zero-order valence-corrected chi connectivity index (χ0v) is 17.5. The standard InChI is InChI=1S/C22H31N3O3/c1-6-17-21(16-10-9-15(26-5)11-14(16)4)23-18(7-2)22(24-17)25-19-12-27-13-20(19)28-8-3/h9-11,19-20H,6-8,12-13H2,1-5H3,(H,24,25)/t19-,20?/m0/s1. The van der Waals surface area contributed by atoms with E-state index in [-0.39, 0.29) is 12.1 Å². The van der Waals surface area contributed by atoms with Crippen molar-refractivity contribution < 1.29 is 14.2 Å². The fraction of sp³-hybridized carbons (Fsp3) is 0.545. The van der Waals surface area contributed by atoms with Crippen LogP contribution in [0.3, 0.4) is 0 Å². The molecule has 1 aliphatic rings. The Kier molecular flexibility index (Phi) is 6.86. The van der Waals surface area contributed by atoms with E-state index in [2.05, 4.69) is 32.2 Å². The van der Waals surface area contributed by atoms with E-state index in [1.54, 1.807) is 7.11 Å². The van der Waals surface area contributed by atoms with Gasteiger partial charge in [0.05, 0.1) is 43.4 Å². The third-order valence-corrected chi connectivity index (χ3v) is 5.13. The molecule has 0 bridgehead atoms. The lowest BCUT2D eigenvalue weighted by molar-refractivity contribution is 0.0478. The van der Waals surface area contributed by atoms with Crippen LogP contribution in [0.1, 0.15) is 37.7 Å². The molecule has 152 valence electrons. The number of anilines is 1. The zero-order chi connectivity index (χ0) is 20.1. The van der Waals surface area contributed by atoms with Gasteiger partial charge in [-0.25, -0.2) is 9.97 Å². The second kappa shape index (κ2) is 9.34. The molecule has 6 nitrogen and oxygen atoms in total. The third-order valence-electron chi connectivity index (χ3n) is 5.13. The summed E-state index contributed by atoms with van der Waals surface area (Å²) in [5.41, 5.74) is 5.13. The molecular weight excluding hydrogens is 354 g/mol.